The number of non-ortho nitro benzene ring substituents is 1. The number of rotatable bonds is 3. The first-order valence-corrected chi connectivity index (χ1v) is 10.8. The van der Waals surface area contributed by atoms with E-state index in [0.717, 1.165) is 44.1 Å². The minimum atomic E-state index is -0.355. The summed E-state index contributed by atoms with van der Waals surface area (Å²) in [5, 5.41) is 10.8. The van der Waals surface area contributed by atoms with Gasteiger partial charge in [0.15, 0.2) is 0 Å². The quantitative estimate of drug-likeness (QED) is 0.506. The van der Waals surface area contributed by atoms with Crippen molar-refractivity contribution in [1.82, 2.24) is 0 Å². The van der Waals surface area contributed by atoms with Crippen LogP contribution in [0, 0.1) is 27.4 Å². The number of carbonyl (C=O) groups is 1. The molecule has 2 aromatic rings. The molecule has 0 unspecified atom stereocenters. The van der Waals surface area contributed by atoms with Crippen molar-refractivity contribution in [2.24, 2.45) is 17.3 Å². The molecule has 4 nitrogen and oxygen atoms in total. The van der Waals surface area contributed by atoms with Gasteiger partial charge in [0.25, 0.3) is 5.69 Å². The summed E-state index contributed by atoms with van der Waals surface area (Å²) in [6.45, 7) is 2.23. The van der Waals surface area contributed by atoms with Gasteiger partial charge in [0.2, 0.25) is 0 Å². The van der Waals surface area contributed by atoms with Crippen molar-refractivity contribution in [2.45, 2.75) is 57.8 Å². The van der Waals surface area contributed by atoms with Crippen LogP contribution in [-0.4, -0.2) is 10.7 Å². The number of aryl methyl sites for hydroxylation is 1. The lowest BCUT2D eigenvalue weighted by atomic mass is 9.55. The lowest BCUT2D eigenvalue weighted by Gasteiger charge is -2.48. The summed E-state index contributed by atoms with van der Waals surface area (Å²) in [6, 6.07) is 13.8. The van der Waals surface area contributed by atoms with Crippen LogP contribution < -0.4 is 0 Å². The van der Waals surface area contributed by atoms with Crippen LogP contribution in [0.4, 0.5) is 5.69 Å². The summed E-state index contributed by atoms with van der Waals surface area (Å²) in [7, 11) is 0. The zero-order chi connectivity index (χ0) is 20.2. The fourth-order valence-corrected chi connectivity index (χ4v) is 6.49. The molecule has 0 N–H and O–H groups in total. The van der Waals surface area contributed by atoms with Crippen molar-refractivity contribution in [1.29, 1.82) is 0 Å². The number of nitro groups is 1. The van der Waals surface area contributed by atoms with E-state index in [0.29, 0.717) is 23.5 Å². The van der Waals surface area contributed by atoms with E-state index in [1.54, 1.807) is 12.1 Å². The summed E-state index contributed by atoms with van der Waals surface area (Å²) < 4.78 is 0. The van der Waals surface area contributed by atoms with Crippen molar-refractivity contribution in [2.75, 3.05) is 0 Å². The van der Waals surface area contributed by atoms with Gasteiger partial charge in [-0.15, -0.1) is 0 Å². The molecule has 2 aromatic carbocycles. The number of nitrogens with zero attached hydrogens (tertiary/aromatic N) is 1. The average molecular weight is 389 g/mol. The molecular formula is C25H27NO3. The Hall–Kier alpha value is -2.49. The summed E-state index contributed by atoms with van der Waals surface area (Å²) >= 11 is 0. The van der Waals surface area contributed by atoms with Crippen molar-refractivity contribution in [3.8, 4) is 0 Å². The highest BCUT2D eigenvalue weighted by molar-refractivity contribution is 5.87. The van der Waals surface area contributed by atoms with Gasteiger partial charge in [-0.1, -0.05) is 37.3 Å². The number of nitro benzene ring substituents is 1. The van der Waals surface area contributed by atoms with Gasteiger partial charge in [-0.2, -0.15) is 0 Å². The highest BCUT2D eigenvalue weighted by Crippen LogP contribution is 2.59. The lowest BCUT2D eigenvalue weighted by molar-refractivity contribution is -0.384. The van der Waals surface area contributed by atoms with Crippen LogP contribution in [-0.2, 0) is 17.6 Å². The maximum atomic E-state index is 12.5. The smallest absolute Gasteiger partial charge is 0.269 e. The van der Waals surface area contributed by atoms with Crippen LogP contribution in [0.1, 0.15) is 67.2 Å². The highest BCUT2D eigenvalue weighted by atomic mass is 16.6. The highest BCUT2D eigenvalue weighted by Gasteiger charge is 2.54. The molecule has 0 spiro atoms. The predicted molar refractivity (Wildman–Crippen MR) is 112 cm³/mol. The maximum absolute atomic E-state index is 12.5. The Morgan fingerprint density at radius 3 is 2.55 bits per heavy atom. The Labute approximate surface area is 171 Å². The molecule has 150 valence electrons. The van der Waals surface area contributed by atoms with Gasteiger partial charge in [-0.05, 0) is 78.5 Å². The molecule has 4 heteroatoms. The van der Waals surface area contributed by atoms with E-state index in [1.807, 2.05) is 12.1 Å². The number of fused-ring (bicyclic) bond motifs is 5. The number of ketones is 1. The second kappa shape index (κ2) is 6.79. The zero-order valence-corrected chi connectivity index (χ0v) is 16.9. The first-order valence-electron chi connectivity index (χ1n) is 10.8. The van der Waals surface area contributed by atoms with Gasteiger partial charge in [0, 0.05) is 24.0 Å². The van der Waals surface area contributed by atoms with E-state index < -0.39 is 0 Å². The molecule has 0 radical (unpaired) electrons. The molecule has 0 heterocycles. The molecule has 29 heavy (non-hydrogen) atoms. The molecule has 3 aliphatic rings. The van der Waals surface area contributed by atoms with Crippen LogP contribution in [0.5, 0.6) is 0 Å². The molecule has 0 aromatic heterocycles. The maximum Gasteiger partial charge on any atom is 0.269 e. The topological polar surface area (TPSA) is 60.2 Å². The third-order valence-corrected chi connectivity index (χ3v) is 8.06. The van der Waals surface area contributed by atoms with Crippen LogP contribution in [0.2, 0.25) is 0 Å². The van der Waals surface area contributed by atoms with Crippen molar-refractivity contribution in [3.05, 3.63) is 74.8 Å². The minimum Gasteiger partial charge on any atom is -0.299 e. The number of benzene rings is 2. The fourth-order valence-electron chi connectivity index (χ4n) is 6.49. The molecular weight excluding hydrogens is 362 g/mol. The molecule has 3 aliphatic carbocycles. The van der Waals surface area contributed by atoms with E-state index in [2.05, 4.69) is 25.1 Å². The van der Waals surface area contributed by atoms with E-state index in [-0.39, 0.29) is 16.0 Å². The summed E-state index contributed by atoms with van der Waals surface area (Å²) in [4.78, 5) is 23.0. The standard InChI is InChI=1S/C25H27NO3/c1-25-13-12-21-20-8-4-17(14-16-2-6-19(7-3-16)26(28)29)15-18(20)5-9-22(21)23(25)10-11-24(25)27/h2-4,6-8,15,21-23H,5,9-14H2,1H3/t21-,22-,23-,25-/m0/s1. The van der Waals surface area contributed by atoms with Gasteiger partial charge in [0.05, 0.1) is 4.92 Å². The van der Waals surface area contributed by atoms with E-state index in [4.69, 9.17) is 0 Å². The Morgan fingerprint density at radius 1 is 1.03 bits per heavy atom. The summed E-state index contributed by atoms with van der Waals surface area (Å²) in [6.07, 6.45) is 7.15. The summed E-state index contributed by atoms with van der Waals surface area (Å²) in [5.41, 5.74) is 5.43. The second-order valence-corrected chi connectivity index (χ2v) is 9.47. The fraction of sp³-hybridized carbons (Fsp3) is 0.480. The number of carbonyl (C=O) groups excluding carboxylic acids is 1. The lowest BCUT2D eigenvalue weighted by Crippen LogP contribution is -2.42. The molecule has 4 atom stereocenters. The van der Waals surface area contributed by atoms with E-state index in [9.17, 15) is 14.9 Å². The molecule has 2 saturated carbocycles. The van der Waals surface area contributed by atoms with Crippen LogP contribution in [0.15, 0.2) is 42.5 Å². The van der Waals surface area contributed by atoms with Gasteiger partial charge >= 0.3 is 0 Å². The monoisotopic (exact) mass is 389 g/mol. The summed E-state index contributed by atoms with van der Waals surface area (Å²) in [5.74, 6) is 2.34. The zero-order valence-electron chi connectivity index (χ0n) is 16.9. The number of Topliss-reactive ketones (excluding diaryl/α,β-unsaturated/α-hetero) is 1. The Bertz CT molecular complexity index is 980. The largest absolute Gasteiger partial charge is 0.299 e. The van der Waals surface area contributed by atoms with Crippen molar-refractivity contribution < 1.29 is 9.72 Å². The van der Waals surface area contributed by atoms with Crippen LogP contribution in [0.3, 0.4) is 0 Å². The third-order valence-electron chi connectivity index (χ3n) is 8.06. The van der Waals surface area contributed by atoms with Gasteiger partial charge in [-0.3, -0.25) is 14.9 Å². The first-order chi connectivity index (χ1) is 14.0. The predicted octanol–water partition coefficient (Wildman–Crippen LogP) is 5.61. The van der Waals surface area contributed by atoms with Crippen molar-refractivity contribution in [3.63, 3.8) is 0 Å². The molecule has 0 bridgehead atoms. The van der Waals surface area contributed by atoms with Crippen LogP contribution in [0.25, 0.3) is 0 Å². The number of hydrogen-bond acceptors (Lipinski definition) is 3. The Kier molecular flexibility index (Phi) is 4.34. The minimum absolute atomic E-state index is 0.0610. The molecule has 0 aliphatic heterocycles. The molecule has 5 rings (SSSR count). The average Bonchev–Trinajstić information content (AvgIpc) is 3.03. The van der Waals surface area contributed by atoms with Crippen LogP contribution >= 0.6 is 0 Å². The van der Waals surface area contributed by atoms with Crippen molar-refractivity contribution >= 4 is 11.5 Å². The molecule has 0 saturated heterocycles. The van der Waals surface area contributed by atoms with Gasteiger partial charge < -0.3 is 0 Å². The van der Waals surface area contributed by atoms with Gasteiger partial charge in [0.1, 0.15) is 5.78 Å². The van der Waals surface area contributed by atoms with E-state index in [1.165, 1.54) is 23.1 Å². The third kappa shape index (κ3) is 3.00. The molecule has 0 amide bonds. The van der Waals surface area contributed by atoms with Gasteiger partial charge in [-0.25, -0.2) is 0 Å². The normalized spacial score (nSPS) is 30.4. The Balaban J connectivity index is 1.37. The first kappa shape index (κ1) is 18.5. The molecule has 2 fully saturated rings. The Morgan fingerprint density at radius 2 is 1.79 bits per heavy atom. The second-order valence-electron chi connectivity index (χ2n) is 9.47. The SMILES string of the molecule is C[C@]12CC[C@H]3c4ccc(Cc5ccc([N+](=O)[O-])cc5)cc4CC[C@@H]3[C@@H]1CCC2=O. The number of hydrogen-bond donors (Lipinski definition) is 0. The van der Waals surface area contributed by atoms with E-state index >= 15 is 0 Å².